The molecule has 1 aromatic carbocycles. The first kappa shape index (κ1) is 30.9. The fraction of sp³-hybridized carbons (Fsp3) is 0.567. The minimum Gasteiger partial charge on any atom is -0.424 e. The summed E-state index contributed by atoms with van der Waals surface area (Å²) in [6.07, 6.45) is -5.68. The number of esters is 1. The first-order valence-electron chi connectivity index (χ1n) is 15.2. The molecule has 2 aromatic heterocycles. The van der Waals surface area contributed by atoms with Crippen LogP contribution in [0.1, 0.15) is 44.0 Å². The quantitative estimate of drug-likeness (QED) is 0.359. The third-order valence-electron chi connectivity index (χ3n) is 9.10. The summed E-state index contributed by atoms with van der Waals surface area (Å²) in [5.74, 6) is -2.82. The maximum atomic E-state index is 14.2. The molecule has 0 saturated carbocycles. The zero-order valence-electron chi connectivity index (χ0n) is 25.3. The van der Waals surface area contributed by atoms with E-state index in [0.29, 0.717) is 48.8 Å². The first-order valence-corrected chi connectivity index (χ1v) is 15.2. The molecule has 2 N–H and O–H groups in total. The molecule has 3 unspecified atom stereocenters. The molecule has 2 aliphatic heterocycles. The molecule has 12 nitrogen and oxygen atoms in total. The smallest absolute Gasteiger partial charge is 0.424 e. The van der Waals surface area contributed by atoms with Gasteiger partial charge in [0, 0.05) is 45.3 Å². The second-order valence-electron chi connectivity index (χ2n) is 12.5. The number of benzene rings is 1. The van der Waals surface area contributed by atoms with E-state index in [1.807, 2.05) is 38.1 Å². The molecule has 2 saturated heterocycles. The number of fused-ring (bicyclic) bond motifs is 3. The zero-order chi connectivity index (χ0) is 32.2. The van der Waals surface area contributed by atoms with Gasteiger partial charge in [0.2, 0.25) is 5.95 Å². The summed E-state index contributed by atoms with van der Waals surface area (Å²) in [5.41, 5.74) is -0.341. The van der Waals surface area contributed by atoms with E-state index >= 15 is 0 Å². The average molecular weight is 632 g/mol. The van der Waals surface area contributed by atoms with Crippen molar-refractivity contribution in [3.63, 3.8) is 0 Å². The molecule has 4 heterocycles. The van der Waals surface area contributed by atoms with E-state index in [4.69, 9.17) is 4.98 Å². The molecule has 45 heavy (non-hydrogen) atoms. The zero-order valence-corrected chi connectivity index (χ0v) is 25.3. The lowest BCUT2D eigenvalue weighted by atomic mass is 10.1. The van der Waals surface area contributed by atoms with Crippen molar-refractivity contribution in [3.05, 3.63) is 56.2 Å². The highest BCUT2D eigenvalue weighted by Gasteiger charge is 2.45. The van der Waals surface area contributed by atoms with Gasteiger partial charge in [0.1, 0.15) is 0 Å². The Hall–Kier alpha value is -4.14. The molecule has 3 aliphatic rings. The number of alkyl halides is 3. The van der Waals surface area contributed by atoms with Crippen LogP contribution < -0.4 is 26.8 Å². The van der Waals surface area contributed by atoms with E-state index < -0.39 is 41.6 Å². The molecule has 0 radical (unpaired) electrons. The van der Waals surface area contributed by atoms with Crippen molar-refractivity contribution in [1.82, 2.24) is 29.3 Å². The summed E-state index contributed by atoms with van der Waals surface area (Å²) >= 11 is 0. The predicted molar refractivity (Wildman–Crippen MR) is 158 cm³/mol. The van der Waals surface area contributed by atoms with E-state index in [1.165, 1.54) is 7.05 Å². The SMILES string of the molecule is CC(C)CCn1c(N2CCC3CNCC32)nc2c1c(=O)n(C(OC(=O)C(F)(F)F)C(=O)NC1Cc3ccccc3C1)c(=O)n2C. The van der Waals surface area contributed by atoms with Crippen LogP contribution in [0.4, 0.5) is 19.1 Å². The topological polar surface area (TPSA) is 132 Å². The van der Waals surface area contributed by atoms with Gasteiger partial charge in [-0.25, -0.2) is 14.2 Å². The largest absolute Gasteiger partial charge is 0.491 e. The van der Waals surface area contributed by atoms with E-state index in [1.54, 1.807) is 4.57 Å². The number of rotatable bonds is 8. The van der Waals surface area contributed by atoms with Crippen molar-refractivity contribution in [2.75, 3.05) is 24.5 Å². The summed E-state index contributed by atoms with van der Waals surface area (Å²) in [5, 5.41) is 5.98. The van der Waals surface area contributed by atoms with E-state index in [0.717, 1.165) is 35.2 Å². The first-order chi connectivity index (χ1) is 21.3. The molecule has 3 atom stereocenters. The Morgan fingerprint density at radius 3 is 2.47 bits per heavy atom. The number of nitrogens with zero attached hydrogens (tertiary/aromatic N) is 5. The van der Waals surface area contributed by atoms with Gasteiger partial charge in [-0.05, 0) is 48.6 Å². The van der Waals surface area contributed by atoms with E-state index in [-0.39, 0.29) is 23.1 Å². The number of imidazole rings is 1. The van der Waals surface area contributed by atoms with Crippen LogP contribution in [0.5, 0.6) is 0 Å². The fourth-order valence-corrected chi connectivity index (χ4v) is 6.77. The second-order valence-corrected chi connectivity index (χ2v) is 12.5. The van der Waals surface area contributed by atoms with Crippen molar-refractivity contribution >= 4 is 29.0 Å². The number of ether oxygens (including phenoxy) is 1. The molecule has 0 bridgehead atoms. The number of carbonyl (C=O) groups excluding carboxylic acids is 2. The van der Waals surface area contributed by atoms with Crippen molar-refractivity contribution in [2.45, 2.75) is 70.6 Å². The van der Waals surface area contributed by atoms with Crippen LogP contribution in [-0.2, 0) is 40.8 Å². The van der Waals surface area contributed by atoms with Gasteiger partial charge in [-0.15, -0.1) is 0 Å². The standard InChI is InChI=1S/C30H36F3N7O5/c1-16(2)8-10-39-22-23(36-28(39)38-11-9-19-14-34-15-21(19)38)37(3)29(44)40(25(22)42)26(45-27(43)30(31,32)33)24(41)35-20-12-17-6-4-5-7-18(17)13-20/h4-7,16,19-21,26,34H,8-15H2,1-3H3,(H,35,41). The molecule has 242 valence electrons. The predicted octanol–water partition coefficient (Wildman–Crippen LogP) is 1.63. The molecular formula is C30H36F3N7O5. The lowest BCUT2D eigenvalue weighted by Gasteiger charge is -2.25. The molecule has 3 aromatic rings. The number of nitrogens with one attached hydrogen (secondary N) is 2. The number of hydrogen-bond donors (Lipinski definition) is 2. The van der Waals surface area contributed by atoms with Gasteiger partial charge in [-0.1, -0.05) is 38.1 Å². The van der Waals surface area contributed by atoms with Gasteiger partial charge < -0.3 is 24.8 Å². The Labute approximate surface area is 256 Å². The Bertz CT molecular complexity index is 1740. The lowest BCUT2D eigenvalue weighted by molar-refractivity contribution is -0.210. The molecule has 15 heteroatoms. The van der Waals surface area contributed by atoms with Crippen molar-refractivity contribution < 1.29 is 27.5 Å². The highest BCUT2D eigenvalue weighted by atomic mass is 19.4. The van der Waals surface area contributed by atoms with Crippen molar-refractivity contribution in [1.29, 1.82) is 0 Å². The highest BCUT2D eigenvalue weighted by Crippen LogP contribution is 2.33. The number of amides is 1. The summed E-state index contributed by atoms with van der Waals surface area (Å²) in [6, 6.07) is 6.99. The third kappa shape index (κ3) is 5.62. The van der Waals surface area contributed by atoms with Crippen LogP contribution in [0.2, 0.25) is 0 Å². The Balaban J connectivity index is 1.46. The molecule has 1 amide bonds. The molecular weight excluding hydrogens is 595 g/mol. The summed E-state index contributed by atoms with van der Waals surface area (Å²) in [6.45, 7) is 6.61. The minimum absolute atomic E-state index is 0.0296. The molecule has 1 aliphatic carbocycles. The Morgan fingerprint density at radius 2 is 1.82 bits per heavy atom. The minimum atomic E-state index is -5.48. The maximum Gasteiger partial charge on any atom is 0.491 e. The average Bonchev–Trinajstić information content (AvgIpc) is 3.76. The van der Waals surface area contributed by atoms with Gasteiger partial charge >= 0.3 is 17.8 Å². The number of halogens is 3. The Morgan fingerprint density at radius 1 is 1.13 bits per heavy atom. The van der Waals surface area contributed by atoms with E-state index in [2.05, 4.69) is 20.3 Å². The highest BCUT2D eigenvalue weighted by molar-refractivity contribution is 5.84. The monoisotopic (exact) mass is 631 g/mol. The number of carbonyl (C=O) groups is 2. The van der Waals surface area contributed by atoms with Crippen molar-refractivity contribution in [2.24, 2.45) is 18.9 Å². The van der Waals surface area contributed by atoms with Crippen LogP contribution in [0, 0.1) is 11.8 Å². The fourth-order valence-electron chi connectivity index (χ4n) is 6.77. The number of aromatic nitrogens is 4. The van der Waals surface area contributed by atoms with Gasteiger partial charge in [-0.3, -0.25) is 14.2 Å². The van der Waals surface area contributed by atoms with Gasteiger partial charge in [0.15, 0.2) is 11.2 Å². The number of hydrogen-bond acceptors (Lipinski definition) is 8. The summed E-state index contributed by atoms with van der Waals surface area (Å²) in [4.78, 5) is 60.4. The lowest BCUT2D eigenvalue weighted by Crippen LogP contribution is -2.51. The Kier molecular flexibility index (Phi) is 8.00. The third-order valence-corrected chi connectivity index (χ3v) is 9.10. The summed E-state index contributed by atoms with van der Waals surface area (Å²) in [7, 11) is 1.32. The van der Waals surface area contributed by atoms with Crippen LogP contribution in [0.25, 0.3) is 11.2 Å². The van der Waals surface area contributed by atoms with Gasteiger partial charge in [-0.2, -0.15) is 18.2 Å². The molecule has 6 rings (SSSR count). The van der Waals surface area contributed by atoms with Gasteiger partial charge in [0.05, 0.1) is 0 Å². The van der Waals surface area contributed by atoms with Crippen LogP contribution in [0.15, 0.2) is 33.9 Å². The van der Waals surface area contributed by atoms with Crippen LogP contribution in [-0.4, -0.2) is 68.5 Å². The number of anilines is 1. The summed E-state index contributed by atoms with van der Waals surface area (Å²) < 4.78 is 47.9. The normalized spacial score (nSPS) is 20.6. The maximum absolute atomic E-state index is 14.2. The molecule has 2 fully saturated rings. The van der Waals surface area contributed by atoms with Crippen LogP contribution in [0.3, 0.4) is 0 Å². The second kappa shape index (κ2) is 11.7. The number of aryl methyl sites for hydroxylation is 2. The van der Waals surface area contributed by atoms with Crippen molar-refractivity contribution in [3.8, 4) is 0 Å². The van der Waals surface area contributed by atoms with E-state index in [9.17, 15) is 32.3 Å². The van der Waals surface area contributed by atoms with Crippen LogP contribution >= 0.6 is 0 Å². The van der Waals surface area contributed by atoms with Gasteiger partial charge in [0.25, 0.3) is 17.7 Å². The molecule has 0 spiro atoms.